The lowest BCUT2D eigenvalue weighted by Gasteiger charge is -2.13. The highest BCUT2D eigenvalue weighted by Gasteiger charge is 2.13. The van der Waals surface area contributed by atoms with Crippen LogP contribution >= 0.6 is 0 Å². The fourth-order valence-corrected chi connectivity index (χ4v) is 1.65. The molecule has 0 saturated carbocycles. The quantitative estimate of drug-likeness (QED) is 0.493. The molecule has 0 aliphatic rings. The fourth-order valence-electron chi connectivity index (χ4n) is 1.65. The molecule has 1 N–H and O–H groups in total. The van der Waals surface area contributed by atoms with Crippen molar-refractivity contribution in [3.63, 3.8) is 0 Å². The monoisotopic (exact) mass is 248 g/mol. The summed E-state index contributed by atoms with van der Waals surface area (Å²) < 4.78 is 0. The molecule has 1 atom stereocenters. The molecule has 0 amide bonds. The third-order valence-corrected chi connectivity index (χ3v) is 2.86. The van der Waals surface area contributed by atoms with Gasteiger partial charge in [-0.3, -0.25) is 10.1 Å². The minimum absolute atomic E-state index is 0.0971. The second kappa shape index (κ2) is 6.31. The van der Waals surface area contributed by atoms with E-state index in [0.29, 0.717) is 5.56 Å². The van der Waals surface area contributed by atoms with E-state index < -0.39 is 0 Å². The van der Waals surface area contributed by atoms with Gasteiger partial charge < -0.3 is 5.32 Å². The van der Waals surface area contributed by atoms with Crippen molar-refractivity contribution in [2.24, 2.45) is 0 Å². The van der Waals surface area contributed by atoms with Gasteiger partial charge in [-0.05, 0) is 33.3 Å². The lowest BCUT2D eigenvalue weighted by atomic mass is 10.0. The number of allylic oxidation sites excluding steroid dienone is 1. The average molecular weight is 248 g/mol. The molecule has 0 aliphatic carbocycles. The van der Waals surface area contributed by atoms with E-state index in [4.69, 9.17) is 0 Å². The normalized spacial score (nSPS) is 12.0. The Hall–Kier alpha value is -1.68. The Bertz CT molecular complexity index is 463. The van der Waals surface area contributed by atoms with Crippen LogP contribution < -0.4 is 5.32 Å². The molecule has 0 aromatic heterocycles. The molecular formula is C14H20N2O2. The standard InChI is InChI=1S/C14H20N2O2/c1-10(2)7-8-15-12(4)13-6-5-11(3)14(9-13)16(17)18/h5-7,9,12,15H,8H2,1-4H3. The number of nitro groups is 1. The van der Waals surface area contributed by atoms with Crippen LogP contribution in [0.4, 0.5) is 5.69 Å². The van der Waals surface area contributed by atoms with Gasteiger partial charge in [-0.25, -0.2) is 0 Å². The van der Waals surface area contributed by atoms with Crippen molar-refractivity contribution < 1.29 is 4.92 Å². The molecule has 0 heterocycles. The highest BCUT2D eigenvalue weighted by Crippen LogP contribution is 2.23. The van der Waals surface area contributed by atoms with Crippen LogP contribution in [0, 0.1) is 17.0 Å². The summed E-state index contributed by atoms with van der Waals surface area (Å²) in [7, 11) is 0. The number of aryl methyl sites for hydroxylation is 1. The van der Waals surface area contributed by atoms with E-state index in [1.807, 2.05) is 26.8 Å². The summed E-state index contributed by atoms with van der Waals surface area (Å²) >= 11 is 0. The number of hydrogen-bond donors (Lipinski definition) is 1. The number of benzene rings is 1. The summed E-state index contributed by atoms with van der Waals surface area (Å²) in [6, 6.07) is 5.48. The Morgan fingerprint density at radius 3 is 2.72 bits per heavy atom. The van der Waals surface area contributed by atoms with E-state index in [1.54, 1.807) is 19.1 Å². The molecule has 0 aliphatic heterocycles. The largest absolute Gasteiger partial charge is 0.307 e. The Balaban J connectivity index is 2.80. The molecule has 1 aromatic rings. The highest BCUT2D eigenvalue weighted by molar-refractivity contribution is 5.43. The van der Waals surface area contributed by atoms with Gasteiger partial charge in [-0.2, -0.15) is 0 Å². The molecule has 4 nitrogen and oxygen atoms in total. The molecule has 1 unspecified atom stereocenters. The summed E-state index contributed by atoms with van der Waals surface area (Å²) in [5.74, 6) is 0. The first kappa shape index (κ1) is 14.4. The molecule has 0 bridgehead atoms. The third-order valence-electron chi connectivity index (χ3n) is 2.86. The molecule has 1 aromatic carbocycles. The number of nitrogens with zero attached hydrogens (tertiary/aromatic N) is 1. The first-order chi connectivity index (χ1) is 8.41. The Morgan fingerprint density at radius 1 is 1.50 bits per heavy atom. The summed E-state index contributed by atoms with van der Waals surface area (Å²) in [6.07, 6.45) is 2.10. The number of nitro benzene ring substituents is 1. The van der Waals surface area contributed by atoms with Crippen LogP contribution in [0.5, 0.6) is 0 Å². The molecular weight excluding hydrogens is 228 g/mol. The molecule has 0 fully saturated rings. The maximum absolute atomic E-state index is 10.9. The molecule has 4 heteroatoms. The van der Waals surface area contributed by atoms with E-state index >= 15 is 0 Å². The van der Waals surface area contributed by atoms with Gasteiger partial charge in [0.15, 0.2) is 0 Å². The van der Waals surface area contributed by atoms with Gasteiger partial charge in [0.05, 0.1) is 4.92 Å². The van der Waals surface area contributed by atoms with Crippen molar-refractivity contribution in [1.82, 2.24) is 5.32 Å². The van der Waals surface area contributed by atoms with Crippen LogP contribution in [0.1, 0.15) is 37.9 Å². The number of rotatable bonds is 5. The first-order valence-electron chi connectivity index (χ1n) is 6.03. The van der Waals surface area contributed by atoms with Gasteiger partial charge in [0.1, 0.15) is 0 Å². The van der Waals surface area contributed by atoms with Crippen LogP contribution in [-0.2, 0) is 0 Å². The topological polar surface area (TPSA) is 55.2 Å². The summed E-state index contributed by atoms with van der Waals surface area (Å²) in [5.41, 5.74) is 3.07. The van der Waals surface area contributed by atoms with Gasteiger partial charge in [-0.15, -0.1) is 0 Å². The molecule has 0 saturated heterocycles. The van der Waals surface area contributed by atoms with Crippen LogP contribution in [0.3, 0.4) is 0 Å². The highest BCUT2D eigenvalue weighted by atomic mass is 16.6. The molecule has 0 spiro atoms. The predicted octanol–water partition coefficient (Wildman–Crippen LogP) is 3.52. The van der Waals surface area contributed by atoms with Gasteiger partial charge in [-0.1, -0.05) is 23.8 Å². The number of nitrogens with one attached hydrogen (secondary N) is 1. The summed E-state index contributed by atoms with van der Waals surface area (Å²) in [6.45, 7) is 8.62. The zero-order valence-corrected chi connectivity index (χ0v) is 11.4. The van der Waals surface area contributed by atoms with Crippen molar-refractivity contribution in [1.29, 1.82) is 0 Å². The van der Waals surface area contributed by atoms with Crippen molar-refractivity contribution in [3.05, 3.63) is 51.1 Å². The maximum atomic E-state index is 10.9. The van der Waals surface area contributed by atoms with E-state index in [9.17, 15) is 10.1 Å². The third kappa shape index (κ3) is 3.96. The van der Waals surface area contributed by atoms with Crippen molar-refractivity contribution in [2.45, 2.75) is 33.7 Å². The van der Waals surface area contributed by atoms with Gasteiger partial charge in [0, 0.05) is 24.2 Å². The first-order valence-corrected chi connectivity index (χ1v) is 6.03. The van der Waals surface area contributed by atoms with Crippen LogP contribution in [0.15, 0.2) is 29.8 Å². The van der Waals surface area contributed by atoms with E-state index in [-0.39, 0.29) is 16.7 Å². The predicted molar refractivity (Wildman–Crippen MR) is 73.7 cm³/mol. The van der Waals surface area contributed by atoms with Gasteiger partial charge in [0.25, 0.3) is 5.69 Å². The molecule has 98 valence electrons. The SMILES string of the molecule is CC(C)=CCNC(C)c1ccc(C)c([N+](=O)[O-])c1. The average Bonchev–Trinajstić information content (AvgIpc) is 2.28. The second-order valence-corrected chi connectivity index (χ2v) is 4.71. The Morgan fingerprint density at radius 2 is 2.17 bits per heavy atom. The molecule has 1 rings (SSSR count). The lowest BCUT2D eigenvalue weighted by Crippen LogP contribution is -2.18. The Labute approximate surface area is 108 Å². The van der Waals surface area contributed by atoms with Gasteiger partial charge in [0.2, 0.25) is 0 Å². The zero-order valence-electron chi connectivity index (χ0n) is 11.4. The minimum Gasteiger partial charge on any atom is -0.307 e. The van der Waals surface area contributed by atoms with E-state index in [1.165, 1.54) is 5.57 Å². The second-order valence-electron chi connectivity index (χ2n) is 4.71. The van der Waals surface area contributed by atoms with Crippen LogP contribution in [0.25, 0.3) is 0 Å². The van der Waals surface area contributed by atoms with Crippen molar-refractivity contribution in [3.8, 4) is 0 Å². The summed E-state index contributed by atoms with van der Waals surface area (Å²) in [5, 5.41) is 14.2. The minimum atomic E-state index is -0.332. The zero-order chi connectivity index (χ0) is 13.7. The fraction of sp³-hybridized carbons (Fsp3) is 0.429. The van der Waals surface area contributed by atoms with Crippen molar-refractivity contribution in [2.75, 3.05) is 6.54 Å². The lowest BCUT2D eigenvalue weighted by molar-refractivity contribution is -0.385. The smallest absolute Gasteiger partial charge is 0.272 e. The molecule has 0 radical (unpaired) electrons. The summed E-state index contributed by atoms with van der Waals surface area (Å²) in [4.78, 5) is 10.5. The van der Waals surface area contributed by atoms with Crippen LogP contribution in [0.2, 0.25) is 0 Å². The van der Waals surface area contributed by atoms with Crippen LogP contribution in [-0.4, -0.2) is 11.5 Å². The van der Waals surface area contributed by atoms with Crippen molar-refractivity contribution >= 4 is 5.69 Å². The van der Waals surface area contributed by atoms with Gasteiger partial charge >= 0.3 is 0 Å². The molecule has 18 heavy (non-hydrogen) atoms. The Kier molecular flexibility index (Phi) is 5.04. The number of hydrogen-bond acceptors (Lipinski definition) is 3. The van der Waals surface area contributed by atoms with E-state index in [0.717, 1.165) is 12.1 Å². The van der Waals surface area contributed by atoms with E-state index in [2.05, 4.69) is 11.4 Å². The maximum Gasteiger partial charge on any atom is 0.272 e.